The van der Waals surface area contributed by atoms with Gasteiger partial charge < -0.3 is 10.3 Å². The first-order valence-electron chi connectivity index (χ1n) is 12.3. The number of carbonyl (C=O) groups is 2. The van der Waals surface area contributed by atoms with Gasteiger partial charge in [0.05, 0.1) is 16.6 Å². The van der Waals surface area contributed by atoms with Crippen LogP contribution in [0.1, 0.15) is 69.8 Å². The Labute approximate surface area is 211 Å². The normalized spacial score (nSPS) is 22.9. The molecule has 0 aliphatic heterocycles. The number of aromatic amines is 1. The number of benzene rings is 3. The molecule has 4 aromatic rings. The first-order valence-corrected chi connectivity index (χ1v) is 12.3. The van der Waals surface area contributed by atoms with Crippen LogP contribution in [0.3, 0.4) is 0 Å². The molecule has 2 bridgehead atoms. The number of hydrogen-bond acceptors (Lipinski definition) is 3. The average molecular weight is 504 g/mol. The Balaban J connectivity index is 1.17. The van der Waals surface area contributed by atoms with Crippen molar-refractivity contribution in [2.75, 3.05) is 0 Å². The summed E-state index contributed by atoms with van der Waals surface area (Å²) in [5.41, 5.74) is 1.09. The van der Waals surface area contributed by atoms with Gasteiger partial charge in [-0.15, -0.1) is 0 Å². The summed E-state index contributed by atoms with van der Waals surface area (Å²) < 4.78 is 39.4. The zero-order valence-corrected chi connectivity index (χ0v) is 19.9. The lowest BCUT2D eigenvalue weighted by molar-refractivity contribution is -0.137. The zero-order chi connectivity index (χ0) is 25.8. The number of ketones is 1. The van der Waals surface area contributed by atoms with E-state index in [4.69, 9.17) is 0 Å². The van der Waals surface area contributed by atoms with Crippen molar-refractivity contribution in [2.24, 2.45) is 0 Å². The Morgan fingerprint density at radius 3 is 2.24 bits per heavy atom. The molecule has 37 heavy (non-hydrogen) atoms. The summed E-state index contributed by atoms with van der Waals surface area (Å²) in [5.74, 6) is 0.388. The maximum absolute atomic E-state index is 13.1. The topological polar surface area (TPSA) is 74.8 Å². The molecule has 0 atom stereocenters. The van der Waals surface area contributed by atoms with Crippen molar-refractivity contribution < 1.29 is 22.8 Å². The van der Waals surface area contributed by atoms with Crippen molar-refractivity contribution in [1.82, 2.24) is 15.3 Å². The predicted molar refractivity (Wildman–Crippen MR) is 132 cm³/mol. The number of rotatable bonds is 5. The highest BCUT2D eigenvalue weighted by Gasteiger charge is 2.60. The fourth-order valence-electron chi connectivity index (χ4n) is 6.07. The standard InChI is InChI=1S/C29H24F3N3O2/c30-29(31,32)21-11-12-22-23(15-21)34-26(33-22)27-13-4-14-28(16-27,17-27)35-25(37)20-9-7-19(8-10-20)24(36)18-5-2-1-3-6-18/h1-3,5-12,15H,4,13-14,16-17H2,(H,33,34)(H,35,37). The molecule has 0 unspecified atom stereocenters. The van der Waals surface area contributed by atoms with Crippen molar-refractivity contribution in [3.8, 4) is 0 Å². The van der Waals surface area contributed by atoms with Gasteiger partial charge in [0, 0.05) is 27.6 Å². The third-order valence-corrected chi connectivity index (χ3v) is 7.80. The van der Waals surface area contributed by atoms with Crippen LogP contribution in [0, 0.1) is 0 Å². The van der Waals surface area contributed by atoms with Crippen LogP contribution in [0.25, 0.3) is 11.0 Å². The summed E-state index contributed by atoms with van der Waals surface area (Å²) in [5, 5.41) is 3.20. The molecule has 3 aromatic carbocycles. The number of carbonyl (C=O) groups excluding carboxylic acids is 2. The lowest BCUT2D eigenvalue weighted by Crippen LogP contribution is -2.66. The summed E-state index contributed by atoms with van der Waals surface area (Å²) >= 11 is 0. The molecule has 3 aliphatic rings. The van der Waals surface area contributed by atoms with Crippen LogP contribution in [-0.4, -0.2) is 27.2 Å². The quantitative estimate of drug-likeness (QED) is 0.319. The number of hydrogen-bond donors (Lipinski definition) is 2. The summed E-state index contributed by atoms with van der Waals surface area (Å²) in [6.07, 6.45) is -0.462. The number of nitrogens with one attached hydrogen (secondary N) is 2. The summed E-state index contributed by atoms with van der Waals surface area (Å²) in [6.45, 7) is 0. The molecule has 188 valence electrons. The van der Waals surface area contributed by atoms with Crippen LogP contribution in [0.2, 0.25) is 0 Å². The van der Waals surface area contributed by atoms with E-state index in [1.165, 1.54) is 6.07 Å². The Hall–Kier alpha value is -3.94. The lowest BCUT2D eigenvalue weighted by Gasteiger charge is -2.60. The molecule has 3 saturated carbocycles. The number of imidazole rings is 1. The molecule has 7 rings (SSSR count). The minimum absolute atomic E-state index is 0.101. The van der Waals surface area contributed by atoms with Crippen LogP contribution < -0.4 is 5.32 Å². The number of aromatic nitrogens is 2. The molecular formula is C29H24F3N3O2. The molecule has 0 saturated heterocycles. The number of halogens is 3. The minimum atomic E-state index is -4.42. The SMILES string of the molecule is O=C(NC12CCCC(c3nc4cc(C(F)(F)F)ccc4[nH]3)(C1)C2)c1ccc(C(=O)c2ccccc2)cc1. The second-order valence-corrected chi connectivity index (χ2v) is 10.3. The number of fused-ring (bicyclic) bond motifs is 3. The monoisotopic (exact) mass is 503 g/mol. The largest absolute Gasteiger partial charge is 0.416 e. The third-order valence-electron chi connectivity index (χ3n) is 7.80. The minimum Gasteiger partial charge on any atom is -0.347 e. The van der Waals surface area contributed by atoms with E-state index in [-0.39, 0.29) is 22.6 Å². The van der Waals surface area contributed by atoms with Crippen LogP contribution in [0.4, 0.5) is 13.2 Å². The van der Waals surface area contributed by atoms with Crippen molar-refractivity contribution in [3.05, 3.63) is 101 Å². The molecule has 1 aromatic heterocycles. The highest BCUT2D eigenvalue weighted by atomic mass is 19.4. The molecule has 1 amide bonds. The van der Waals surface area contributed by atoms with Gasteiger partial charge >= 0.3 is 6.18 Å². The fourth-order valence-corrected chi connectivity index (χ4v) is 6.07. The zero-order valence-electron chi connectivity index (χ0n) is 19.9. The van der Waals surface area contributed by atoms with E-state index in [1.54, 1.807) is 36.4 Å². The molecule has 2 N–H and O–H groups in total. The van der Waals surface area contributed by atoms with Crippen molar-refractivity contribution in [1.29, 1.82) is 0 Å². The number of nitrogens with zero attached hydrogens (tertiary/aromatic N) is 1. The maximum atomic E-state index is 13.1. The van der Waals surface area contributed by atoms with Crippen molar-refractivity contribution in [2.45, 2.75) is 49.2 Å². The Bertz CT molecular complexity index is 1500. The van der Waals surface area contributed by atoms with E-state index in [0.29, 0.717) is 46.4 Å². The van der Waals surface area contributed by atoms with Gasteiger partial charge in [0.2, 0.25) is 0 Å². The van der Waals surface area contributed by atoms with Gasteiger partial charge in [0.25, 0.3) is 5.91 Å². The smallest absolute Gasteiger partial charge is 0.347 e. The van der Waals surface area contributed by atoms with Gasteiger partial charge in [-0.1, -0.05) is 48.9 Å². The molecule has 3 aliphatic carbocycles. The predicted octanol–water partition coefficient (Wildman–Crippen LogP) is 6.20. The molecular weight excluding hydrogens is 479 g/mol. The number of alkyl halides is 3. The van der Waals surface area contributed by atoms with E-state index >= 15 is 0 Å². The molecule has 8 heteroatoms. The van der Waals surface area contributed by atoms with Gasteiger partial charge in [-0.3, -0.25) is 9.59 Å². The Morgan fingerprint density at radius 1 is 0.865 bits per heavy atom. The lowest BCUT2D eigenvalue weighted by atomic mass is 9.49. The third kappa shape index (κ3) is 4.10. The van der Waals surface area contributed by atoms with Gasteiger partial charge in [0.1, 0.15) is 5.82 Å². The fraction of sp³-hybridized carbons (Fsp3) is 0.276. The molecule has 1 heterocycles. The highest BCUT2D eigenvalue weighted by molar-refractivity contribution is 6.09. The Morgan fingerprint density at radius 2 is 1.54 bits per heavy atom. The van der Waals surface area contributed by atoms with Crippen LogP contribution in [0.15, 0.2) is 72.8 Å². The van der Waals surface area contributed by atoms with E-state index in [9.17, 15) is 22.8 Å². The number of H-pyrrole nitrogens is 1. The molecule has 0 spiro atoms. The Kier molecular flexibility index (Phi) is 5.26. The van der Waals surface area contributed by atoms with Gasteiger partial charge in [0.15, 0.2) is 5.78 Å². The van der Waals surface area contributed by atoms with Crippen LogP contribution in [0.5, 0.6) is 0 Å². The highest BCUT2D eigenvalue weighted by Crippen LogP contribution is 2.58. The van der Waals surface area contributed by atoms with Crippen LogP contribution in [-0.2, 0) is 11.6 Å². The summed E-state index contributed by atoms with van der Waals surface area (Å²) in [6, 6.07) is 19.2. The first-order chi connectivity index (χ1) is 17.7. The average Bonchev–Trinajstić information content (AvgIpc) is 3.32. The van der Waals surface area contributed by atoms with Crippen LogP contribution >= 0.6 is 0 Å². The van der Waals surface area contributed by atoms with E-state index in [2.05, 4.69) is 15.3 Å². The van der Waals surface area contributed by atoms with E-state index < -0.39 is 11.7 Å². The molecule has 0 radical (unpaired) electrons. The second kappa shape index (κ2) is 8.30. The van der Waals surface area contributed by atoms with E-state index in [0.717, 1.165) is 31.4 Å². The maximum Gasteiger partial charge on any atom is 0.416 e. The van der Waals surface area contributed by atoms with Crippen molar-refractivity contribution in [3.63, 3.8) is 0 Å². The van der Waals surface area contributed by atoms with Gasteiger partial charge in [-0.2, -0.15) is 13.2 Å². The molecule has 3 fully saturated rings. The summed E-state index contributed by atoms with van der Waals surface area (Å²) in [4.78, 5) is 33.5. The van der Waals surface area contributed by atoms with Gasteiger partial charge in [-0.05, 0) is 56.0 Å². The van der Waals surface area contributed by atoms with Gasteiger partial charge in [-0.25, -0.2) is 4.98 Å². The second-order valence-electron chi connectivity index (χ2n) is 10.3. The summed E-state index contributed by atoms with van der Waals surface area (Å²) in [7, 11) is 0. The van der Waals surface area contributed by atoms with E-state index in [1.807, 2.05) is 18.2 Å². The number of amides is 1. The first kappa shape index (κ1) is 23.5. The molecule has 5 nitrogen and oxygen atoms in total. The van der Waals surface area contributed by atoms with Crippen molar-refractivity contribution >= 4 is 22.7 Å².